The molecule has 19 heavy (non-hydrogen) atoms. The molecule has 5 nitrogen and oxygen atoms in total. The molecule has 0 atom stereocenters. The van der Waals surface area contributed by atoms with Gasteiger partial charge in [-0.15, -0.1) is 0 Å². The molecule has 0 saturated heterocycles. The van der Waals surface area contributed by atoms with E-state index in [0.29, 0.717) is 35.3 Å². The van der Waals surface area contributed by atoms with Gasteiger partial charge >= 0.3 is 0 Å². The van der Waals surface area contributed by atoms with Crippen LogP contribution in [0.2, 0.25) is 5.02 Å². The van der Waals surface area contributed by atoms with E-state index in [1.807, 2.05) is 25.1 Å². The highest BCUT2D eigenvalue weighted by atomic mass is 35.5. The Balaban J connectivity index is 2.16. The molecule has 0 saturated carbocycles. The zero-order chi connectivity index (χ0) is 13.8. The molecule has 1 aromatic heterocycles. The molecule has 1 aromatic carbocycles. The number of aromatic nitrogens is 2. The van der Waals surface area contributed by atoms with E-state index < -0.39 is 0 Å². The summed E-state index contributed by atoms with van der Waals surface area (Å²) >= 11 is 6.06. The van der Waals surface area contributed by atoms with Crippen molar-refractivity contribution in [2.75, 3.05) is 7.05 Å². The van der Waals surface area contributed by atoms with Gasteiger partial charge in [-0.3, -0.25) is 4.79 Å². The SMILES string of the molecule is CCC(=O)N(C)Cc1nc(-c2ccccc2Cl)no1. The molecule has 0 aliphatic heterocycles. The Kier molecular flexibility index (Phi) is 4.16. The van der Waals surface area contributed by atoms with Crippen LogP contribution in [-0.4, -0.2) is 28.0 Å². The Morgan fingerprint density at radius 1 is 1.42 bits per heavy atom. The number of hydrogen-bond donors (Lipinski definition) is 0. The third kappa shape index (κ3) is 3.12. The third-order valence-electron chi connectivity index (χ3n) is 2.68. The summed E-state index contributed by atoms with van der Waals surface area (Å²) in [6, 6.07) is 7.27. The summed E-state index contributed by atoms with van der Waals surface area (Å²) in [4.78, 5) is 17.2. The topological polar surface area (TPSA) is 59.2 Å². The van der Waals surface area contributed by atoms with E-state index in [0.717, 1.165) is 0 Å². The fourth-order valence-corrected chi connectivity index (χ4v) is 1.85. The monoisotopic (exact) mass is 279 g/mol. The largest absolute Gasteiger partial charge is 0.337 e. The molecule has 0 fully saturated rings. The summed E-state index contributed by atoms with van der Waals surface area (Å²) in [6.45, 7) is 2.10. The molecule has 0 bridgehead atoms. The molecule has 2 rings (SSSR count). The van der Waals surface area contributed by atoms with Gasteiger partial charge in [0.1, 0.15) is 0 Å². The summed E-state index contributed by atoms with van der Waals surface area (Å²) in [6.07, 6.45) is 0.446. The molecule has 0 radical (unpaired) electrons. The van der Waals surface area contributed by atoms with E-state index in [4.69, 9.17) is 16.1 Å². The number of rotatable bonds is 4. The summed E-state index contributed by atoms with van der Waals surface area (Å²) in [5.74, 6) is 0.842. The van der Waals surface area contributed by atoms with Crippen molar-refractivity contribution in [2.24, 2.45) is 0 Å². The van der Waals surface area contributed by atoms with Crippen molar-refractivity contribution in [3.05, 3.63) is 35.2 Å². The number of nitrogens with zero attached hydrogens (tertiary/aromatic N) is 3. The van der Waals surface area contributed by atoms with Gasteiger partial charge in [0.2, 0.25) is 17.6 Å². The van der Waals surface area contributed by atoms with Gasteiger partial charge in [-0.05, 0) is 12.1 Å². The van der Waals surface area contributed by atoms with Gasteiger partial charge in [0, 0.05) is 19.0 Å². The molecule has 0 spiro atoms. The van der Waals surface area contributed by atoms with Crippen molar-refractivity contribution in [3.63, 3.8) is 0 Å². The zero-order valence-corrected chi connectivity index (χ0v) is 11.5. The Hall–Kier alpha value is -1.88. The van der Waals surface area contributed by atoms with Gasteiger partial charge in [-0.25, -0.2) is 0 Å². The van der Waals surface area contributed by atoms with Gasteiger partial charge in [-0.2, -0.15) is 4.98 Å². The van der Waals surface area contributed by atoms with Crippen molar-refractivity contribution >= 4 is 17.5 Å². The van der Waals surface area contributed by atoms with Crippen LogP contribution in [-0.2, 0) is 11.3 Å². The van der Waals surface area contributed by atoms with Crippen LogP contribution in [0.15, 0.2) is 28.8 Å². The van der Waals surface area contributed by atoms with E-state index in [1.54, 1.807) is 18.0 Å². The van der Waals surface area contributed by atoms with Crippen LogP contribution < -0.4 is 0 Å². The molecule has 2 aromatic rings. The smallest absolute Gasteiger partial charge is 0.246 e. The lowest BCUT2D eigenvalue weighted by atomic mass is 10.2. The number of hydrogen-bond acceptors (Lipinski definition) is 4. The number of halogens is 1. The third-order valence-corrected chi connectivity index (χ3v) is 3.01. The Bertz CT molecular complexity index is 583. The van der Waals surface area contributed by atoms with Gasteiger partial charge in [0.25, 0.3) is 0 Å². The van der Waals surface area contributed by atoms with Crippen LogP contribution in [0.25, 0.3) is 11.4 Å². The second-order valence-electron chi connectivity index (χ2n) is 4.09. The van der Waals surface area contributed by atoms with Gasteiger partial charge in [-0.1, -0.05) is 35.8 Å². The maximum atomic E-state index is 11.5. The van der Waals surface area contributed by atoms with Crippen LogP contribution in [0, 0.1) is 0 Å². The summed E-state index contributed by atoms with van der Waals surface area (Å²) < 4.78 is 5.13. The van der Waals surface area contributed by atoms with Crippen LogP contribution >= 0.6 is 11.6 Å². The number of amides is 1. The summed E-state index contributed by atoms with van der Waals surface area (Å²) in [5, 5.41) is 4.44. The average molecular weight is 280 g/mol. The van der Waals surface area contributed by atoms with Crippen molar-refractivity contribution in [2.45, 2.75) is 19.9 Å². The first-order chi connectivity index (χ1) is 9.11. The fraction of sp³-hybridized carbons (Fsp3) is 0.308. The molecular weight excluding hydrogens is 266 g/mol. The first kappa shape index (κ1) is 13.5. The Labute approximate surface area is 116 Å². The standard InChI is InChI=1S/C13H14ClN3O2/c1-3-12(18)17(2)8-11-15-13(16-19-11)9-6-4-5-7-10(9)14/h4-7H,3,8H2,1-2H3. The van der Waals surface area contributed by atoms with E-state index >= 15 is 0 Å². The Morgan fingerprint density at radius 2 is 2.16 bits per heavy atom. The van der Waals surface area contributed by atoms with E-state index in [-0.39, 0.29) is 5.91 Å². The van der Waals surface area contributed by atoms with Crippen molar-refractivity contribution in [1.82, 2.24) is 15.0 Å². The van der Waals surface area contributed by atoms with Gasteiger partial charge in [0.15, 0.2) is 0 Å². The minimum Gasteiger partial charge on any atom is -0.337 e. The normalized spacial score (nSPS) is 10.5. The first-order valence-electron chi connectivity index (χ1n) is 5.93. The number of carbonyl (C=O) groups excluding carboxylic acids is 1. The molecule has 0 aliphatic rings. The number of benzene rings is 1. The molecule has 1 amide bonds. The van der Waals surface area contributed by atoms with E-state index in [9.17, 15) is 4.79 Å². The highest BCUT2D eigenvalue weighted by Crippen LogP contribution is 2.24. The predicted molar refractivity (Wildman–Crippen MR) is 71.5 cm³/mol. The lowest BCUT2D eigenvalue weighted by molar-refractivity contribution is -0.130. The lowest BCUT2D eigenvalue weighted by Crippen LogP contribution is -2.25. The van der Waals surface area contributed by atoms with E-state index in [2.05, 4.69) is 10.1 Å². The molecule has 1 heterocycles. The predicted octanol–water partition coefficient (Wildman–Crippen LogP) is 2.76. The summed E-state index contributed by atoms with van der Waals surface area (Å²) in [7, 11) is 1.70. The molecule has 0 unspecified atom stereocenters. The second kappa shape index (κ2) is 5.84. The first-order valence-corrected chi connectivity index (χ1v) is 6.31. The lowest BCUT2D eigenvalue weighted by Gasteiger charge is -2.12. The molecule has 0 aliphatic carbocycles. The molecule has 100 valence electrons. The molecule has 6 heteroatoms. The molecule has 0 N–H and O–H groups in total. The van der Waals surface area contributed by atoms with Crippen LogP contribution in [0.4, 0.5) is 0 Å². The van der Waals surface area contributed by atoms with Crippen LogP contribution in [0.3, 0.4) is 0 Å². The maximum Gasteiger partial charge on any atom is 0.246 e. The highest BCUT2D eigenvalue weighted by molar-refractivity contribution is 6.33. The Morgan fingerprint density at radius 3 is 2.84 bits per heavy atom. The summed E-state index contributed by atoms with van der Waals surface area (Å²) in [5.41, 5.74) is 0.712. The van der Waals surface area contributed by atoms with Crippen LogP contribution in [0.1, 0.15) is 19.2 Å². The number of carbonyl (C=O) groups is 1. The van der Waals surface area contributed by atoms with Crippen molar-refractivity contribution < 1.29 is 9.32 Å². The molecular formula is C13H14ClN3O2. The van der Waals surface area contributed by atoms with Gasteiger partial charge < -0.3 is 9.42 Å². The quantitative estimate of drug-likeness (QED) is 0.863. The average Bonchev–Trinajstić information content (AvgIpc) is 2.86. The van der Waals surface area contributed by atoms with E-state index in [1.165, 1.54) is 0 Å². The minimum absolute atomic E-state index is 0.0255. The van der Waals surface area contributed by atoms with Gasteiger partial charge in [0.05, 0.1) is 11.6 Å². The minimum atomic E-state index is 0.0255. The maximum absolute atomic E-state index is 11.5. The second-order valence-corrected chi connectivity index (χ2v) is 4.50. The van der Waals surface area contributed by atoms with Crippen LogP contribution in [0.5, 0.6) is 0 Å². The highest BCUT2D eigenvalue weighted by Gasteiger charge is 2.14. The zero-order valence-electron chi connectivity index (χ0n) is 10.8. The fourth-order valence-electron chi connectivity index (χ4n) is 1.63. The van der Waals surface area contributed by atoms with Crippen molar-refractivity contribution in [3.8, 4) is 11.4 Å². The van der Waals surface area contributed by atoms with Crippen molar-refractivity contribution in [1.29, 1.82) is 0 Å².